The third kappa shape index (κ3) is 3.06. The maximum Gasteiger partial charge on any atom is 0.374 e. The van der Waals surface area contributed by atoms with Crippen molar-refractivity contribution in [1.29, 1.82) is 0 Å². The summed E-state index contributed by atoms with van der Waals surface area (Å²) >= 11 is 0. The Morgan fingerprint density at radius 1 is 0.929 bits per heavy atom. The van der Waals surface area contributed by atoms with Crippen LogP contribution in [0.25, 0.3) is 0 Å². The standard InChI is InChI=1S/C25H40O3/c1-16(15-22(26)23(27)28-4)19-10-11-20-18-9-8-17-7-5-6-13-24(17,2)21(18)12-14-25(19,20)3/h16-21H,5-15H2,1-4H3/t16?,17?,18-,19+,20-,21-,24-,25+/m0/s1. The molecule has 0 amide bonds. The predicted octanol–water partition coefficient (Wildman–Crippen LogP) is 5.80. The fourth-order valence-corrected chi connectivity index (χ4v) is 8.90. The van der Waals surface area contributed by atoms with Gasteiger partial charge in [0.2, 0.25) is 5.78 Å². The second-order valence-corrected chi connectivity index (χ2v) is 11.2. The van der Waals surface area contributed by atoms with Crippen molar-refractivity contribution in [3.63, 3.8) is 0 Å². The Hall–Kier alpha value is -0.860. The summed E-state index contributed by atoms with van der Waals surface area (Å²) in [5, 5.41) is 0. The van der Waals surface area contributed by atoms with Crippen LogP contribution < -0.4 is 0 Å². The number of Topliss-reactive ketones (excluding diaryl/α,β-unsaturated/α-hetero) is 1. The van der Waals surface area contributed by atoms with Gasteiger partial charge >= 0.3 is 5.97 Å². The molecular formula is C25H40O3. The van der Waals surface area contributed by atoms with Crippen LogP contribution in [-0.2, 0) is 14.3 Å². The Morgan fingerprint density at radius 3 is 2.43 bits per heavy atom. The predicted molar refractivity (Wildman–Crippen MR) is 111 cm³/mol. The molecular weight excluding hydrogens is 348 g/mol. The Morgan fingerprint density at radius 2 is 1.68 bits per heavy atom. The van der Waals surface area contributed by atoms with E-state index < -0.39 is 5.97 Å². The summed E-state index contributed by atoms with van der Waals surface area (Å²) < 4.78 is 4.65. The van der Waals surface area contributed by atoms with E-state index in [0.29, 0.717) is 23.2 Å². The smallest absolute Gasteiger partial charge is 0.374 e. The molecule has 0 spiro atoms. The zero-order chi connectivity index (χ0) is 20.1. The third-order valence-electron chi connectivity index (χ3n) is 10.3. The highest BCUT2D eigenvalue weighted by Gasteiger charge is 2.60. The number of hydrogen-bond acceptors (Lipinski definition) is 3. The third-order valence-corrected chi connectivity index (χ3v) is 10.3. The minimum absolute atomic E-state index is 0.278. The van der Waals surface area contributed by atoms with E-state index in [1.54, 1.807) is 0 Å². The van der Waals surface area contributed by atoms with E-state index in [2.05, 4.69) is 25.5 Å². The van der Waals surface area contributed by atoms with E-state index in [1.807, 2.05) is 0 Å². The van der Waals surface area contributed by atoms with Gasteiger partial charge in [-0.3, -0.25) is 4.79 Å². The molecule has 4 saturated carbocycles. The van der Waals surface area contributed by atoms with Crippen LogP contribution in [0.3, 0.4) is 0 Å². The number of fused-ring (bicyclic) bond motifs is 5. The van der Waals surface area contributed by atoms with E-state index in [4.69, 9.17) is 0 Å². The molecule has 0 bridgehead atoms. The largest absolute Gasteiger partial charge is 0.463 e. The molecule has 0 aromatic carbocycles. The first-order valence-electron chi connectivity index (χ1n) is 11.9. The zero-order valence-corrected chi connectivity index (χ0v) is 18.5. The zero-order valence-electron chi connectivity index (χ0n) is 18.5. The van der Waals surface area contributed by atoms with Crippen LogP contribution in [0.5, 0.6) is 0 Å². The van der Waals surface area contributed by atoms with Gasteiger partial charge in [0.15, 0.2) is 0 Å². The summed E-state index contributed by atoms with van der Waals surface area (Å²) in [4.78, 5) is 23.8. The minimum Gasteiger partial charge on any atom is -0.463 e. The van der Waals surface area contributed by atoms with Crippen LogP contribution in [0.15, 0.2) is 0 Å². The molecule has 0 aromatic rings. The van der Waals surface area contributed by atoms with Gasteiger partial charge in [0.25, 0.3) is 0 Å². The number of carbonyl (C=O) groups excluding carboxylic acids is 2. The fraction of sp³-hybridized carbons (Fsp3) is 0.920. The van der Waals surface area contributed by atoms with Gasteiger partial charge in [0, 0.05) is 6.42 Å². The molecule has 28 heavy (non-hydrogen) atoms. The molecule has 158 valence electrons. The summed E-state index contributed by atoms with van der Waals surface area (Å²) in [5.41, 5.74) is 0.946. The van der Waals surface area contributed by atoms with E-state index >= 15 is 0 Å². The van der Waals surface area contributed by atoms with Gasteiger partial charge in [0.05, 0.1) is 7.11 Å². The number of ether oxygens (including phenoxy) is 1. The van der Waals surface area contributed by atoms with Crippen LogP contribution in [-0.4, -0.2) is 18.9 Å². The molecule has 0 N–H and O–H groups in total. The van der Waals surface area contributed by atoms with Crippen LogP contribution in [0.1, 0.15) is 91.4 Å². The molecule has 0 radical (unpaired) electrons. The average molecular weight is 389 g/mol. The molecule has 3 heteroatoms. The van der Waals surface area contributed by atoms with Crippen molar-refractivity contribution in [1.82, 2.24) is 0 Å². The lowest BCUT2D eigenvalue weighted by Gasteiger charge is -2.61. The first-order valence-corrected chi connectivity index (χ1v) is 11.9. The molecule has 0 heterocycles. The van der Waals surface area contributed by atoms with Gasteiger partial charge < -0.3 is 4.74 Å². The molecule has 4 aliphatic rings. The lowest BCUT2D eigenvalue weighted by Crippen LogP contribution is -2.53. The van der Waals surface area contributed by atoms with Gasteiger partial charge in [-0.2, -0.15) is 0 Å². The van der Waals surface area contributed by atoms with Gasteiger partial charge in [0.1, 0.15) is 0 Å². The monoisotopic (exact) mass is 388 g/mol. The molecule has 4 rings (SSSR count). The molecule has 4 aliphatic carbocycles. The van der Waals surface area contributed by atoms with E-state index in [9.17, 15) is 9.59 Å². The summed E-state index contributed by atoms with van der Waals surface area (Å²) in [7, 11) is 1.31. The van der Waals surface area contributed by atoms with E-state index in [-0.39, 0.29) is 11.7 Å². The van der Waals surface area contributed by atoms with Crippen molar-refractivity contribution in [2.45, 2.75) is 91.4 Å². The highest BCUT2D eigenvalue weighted by atomic mass is 16.5. The quantitative estimate of drug-likeness (QED) is 0.451. The average Bonchev–Trinajstić information content (AvgIpc) is 3.04. The number of ketones is 1. The van der Waals surface area contributed by atoms with Crippen LogP contribution >= 0.6 is 0 Å². The second-order valence-electron chi connectivity index (χ2n) is 11.2. The Bertz CT molecular complexity index is 627. The molecule has 0 aromatic heterocycles. The highest BCUT2D eigenvalue weighted by Crippen LogP contribution is 2.68. The van der Waals surface area contributed by atoms with E-state index in [1.165, 1.54) is 71.3 Å². The van der Waals surface area contributed by atoms with Gasteiger partial charge in [-0.15, -0.1) is 0 Å². The maximum atomic E-state index is 12.2. The minimum atomic E-state index is -0.668. The van der Waals surface area contributed by atoms with Gasteiger partial charge in [-0.1, -0.05) is 33.6 Å². The van der Waals surface area contributed by atoms with Crippen LogP contribution in [0.4, 0.5) is 0 Å². The first-order chi connectivity index (χ1) is 13.3. The summed E-state index contributed by atoms with van der Waals surface area (Å²) in [6.07, 6.45) is 14.3. The van der Waals surface area contributed by atoms with Crippen molar-refractivity contribution in [2.24, 2.45) is 46.3 Å². The highest BCUT2D eigenvalue weighted by molar-refractivity contribution is 6.33. The molecule has 4 fully saturated rings. The van der Waals surface area contributed by atoms with Crippen LogP contribution in [0, 0.1) is 46.3 Å². The molecule has 2 unspecified atom stereocenters. The Balaban J connectivity index is 1.50. The van der Waals surface area contributed by atoms with Crippen molar-refractivity contribution < 1.29 is 14.3 Å². The first kappa shape index (κ1) is 20.4. The maximum absolute atomic E-state index is 12.2. The molecule has 8 atom stereocenters. The van der Waals surface area contributed by atoms with Crippen LogP contribution in [0.2, 0.25) is 0 Å². The summed E-state index contributed by atoms with van der Waals surface area (Å²) in [5.74, 6) is 3.46. The van der Waals surface area contributed by atoms with Crippen molar-refractivity contribution in [2.75, 3.05) is 7.11 Å². The normalized spacial score (nSPS) is 46.1. The second kappa shape index (κ2) is 7.43. The molecule has 0 saturated heterocycles. The topological polar surface area (TPSA) is 43.4 Å². The SMILES string of the molecule is COC(=O)C(=O)CC(C)[C@H]1CC[C@H]2[C@@H]3CCC4CCCC[C@]4(C)[C@H]3CC[C@]12C. The number of esters is 1. The van der Waals surface area contributed by atoms with Crippen molar-refractivity contribution >= 4 is 11.8 Å². The van der Waals surface area contributed by atoms with Crippen molar-refractivity contribution in [3.8, 4) is 0 Å². The number of rotatable bonds is 4. The summed E-state index contributed by atoms with van der Waals surface area (Å²) in [6.45, 7) is 7.37. The van der Waals surface area contributed by atoms with Gasteiger partial charge in [-0.05, 0) is 97.7 Å². The molecule has 3 nitrogen and oxygen atoms in total. The Labute approximate surface area is 171 Å². The van der Waals surface area contributed by atoms with E-state index in [0.717, 1.165) is 23.7 Å². The lowest BCUT2D eigenvalue weighted by atomic mass is 9.44. The van der Waals surface area contributed by atoms with Gasteiger partial charge in [-0.25, -0.2) is 4.79 Å². The summed E-state index contributed by atoms with van der Waals surface area (Å²) in [6, 6.07) is 0. The number of carbonyl (C=O) groups is 2. The molecule has 0 aliphatic heterocycles. The fourth-order valence-electron chi connectivity index (χ4n) is 8.90. The number of methoxy groups -OCH3 is 1. The number of hydrogen-bond donors (Lipinski definition) is 0. The lowest BCUT2D eigenvalue weighted by molar-refractivity contribution is -0.152. The van der Waals surface area contributed by atoms with Crippen molar-refractivity contribution in [3.05, 3.63) is 0 Å². The Kier molecular flexibility index (Phi) is 5.42.